The first-order valence-electron chi connectivity index (χ1n) is 6.47. The molecule has 2 unspecified atom stereocenters. The van der Waals surface area contributed by atoms with E-state index in [0.717, 1.165) is 30.4 Å². The highest BCUT2D eigenvalue weighted by molar-refractivity contribution is 14.0. The molecule has 0 heterocycles. The van der Waals surface area contributed by atoms with Gasteiger partial charge >= 0.3 is 0 Å². The molecule has 5 heteroatoms. The van der Waals surface area contributed by atoms with Gasteiger partial charge in [0, 0.05) is 30.6 Å². The molecule has 3 nitrogen and oxygen atoms in total. The summed E-state index contributed by atoms with van der Waals surface area (Å²) in [5.41, 5.74) is 1.31. The number of benzene rings is 1. The van der Waals surface area contributed by atoms with Crippen LogP contribution in [-0.2, 0) is 0 Å². The maximum Gasteiger partial charge on any atom is 0.191 e. The first kappa shape index (κ1) is 16.6. The normalized spacial score (nSPS) is 21.5. The van der Waals surface area contributed by atoms with Gasteiger partial charge < -0.3 is 10.6 Å². The first-order valence-corrected chi connectivity index (χ1v) is 6.85. The van der Waals surface area contributed by atoms with E-state index in [4.69, 9.17) is 11.6 Å². The van der Waals surface area contributed by atoms with Gasteiger partial charge in [-0.15, -0.1) is 24.0 Å². The lowest BCUT2D eigenvalue weighted by atomic mass is 10.1. The van der Waals surface area contributed by atoms with Gasteiger partial charge in [-0.2, -0.15) is 0 Å². The van der Waals surface area contributed by atoms with Gasteiger partial charge in [0.05, 0.1) is 0 Å². The molecule has 19 heavy (non-hydrogen) atoms. The van der Waals surface area contributed by atoms with Crippen molar-refractivity contribution in [3.63, 3.8) is 0 Å². The zero-order valence-electron chi connectivity index (χ0n) is 11.3. The average Bonchev–Trinajstić information content (AvgIpc) is 3.13. The minimum atomic E-state index is 0. The summed E-state index contributed by atoms with van der Waals surface area (Å²) in [7, 11) is 1.81. The minimum absolute atomic E-state index is 0. The Morgan fingerprint density at radius 3 is 2.89 bits per heavy atom. The third kappa shape index (κ3) is 4.84. The summed E-state index contributed by atoms with van der Waals surface area (Å²) >= 11 is 6.01. The molecule has 0 aliphatic heterocycles. The van der Waals surface area contributed by atoms with Crippen molar-refractivity contribution in [2.75, 3.05) is 13.6 Å². The summed E-state index contributed by atoms with van der Waals surface area (Å²) in [5.74, 6) is 1.45. The Hall–Kier alpha value is -0.490. The Bertz CT molecular complexity index is 436. The van der Waals surface area contributed by atoms with Gasteiger partial charge in [-0.3, -0.25) is 4.99 Å². The van der Waals surface area contributed by atoms with E-state index in [1.165, 1.54) is 5.56 Å². The molecule has 1 aromatic rings. The van der Waals surface area contributed by atoms with Crippen LogP contribution in [0.2, 0.25) is 5.02 Å². The Labute approximate surface area is 137 Å². The van der Waals surface area contributed by atoms with Crippen molar-refractivity contribution in [2.45, 2.75) is 31.7 Å². The summed E-state index contributed by atoms with van der Waals surface area (Å²) in [5, 5.41) is 7.54. The molecule has 0 spiro atoms. The van der Waals surface area contributed by atoms with Crippen LogP contribution in [0.4, 0.5) is 0 Å². The van der Waals surface area contributed by atoms with Crippen molar-refractivity contribution >= 4 is 41.5 Å². The van der Waals surface area contributed by atoms with Crippen LogP contribution in [-0.4, -0.2) is 25.6 Å². The molecule has 1 aliphatic carbocycles. The topological polar surface area (TPSA) is 36.4 Å². The molecule has 0 aromatic heterocycles. The summed E-state index contributed by atoms with van der Waals surface area (Å²) in [4.78, 5) is 4.22. The van der Waals surface area contributed by atoms with Crippen LogP contribution in [0.1, 0.15) is 31.2 Å². The molecule has 1 aliphatic rings. The number of nitrogens with zero attached hydrogens (tertiary/aromatic N) is 1. The highest BCUT2D eigenvalue weighted by Crippen LogP contribution is 2.41. The number of halogens is 2. The van der Waals surface area contributed by atoms with Crippen LogP contribution in [0, 0.1) is 0 Å². The predicted molar refractivity (Wildman–Crippen MR) is 92.8 cm³/mol. The number of nitrogens with one attached hydrogen (secondary N) is 2. The lowest BCUT2D eigenvalue weighted by Crippen LogP contribution is -2.39. The fourth-order valence-corrected chi connectivity index (χ4v) is 2.27. The number of aliphatic imine (C=N–C) groups is 1. The lowest BCUT2D eigenvalue weighted by molar-refractivity contribution is 0.769. The van der Waals surface area contributed by atoms with Crippen LogP contribution in [0.5, 0.6) is 0 Å². The molecular weight excluding hydrogens is 373 g/mol. The molecule has 1 saturated carbocycles. The van der Waals surface area contributed by atoms with Gasteiger partial charge in [-0.1, -0.05) is 30.7 Å². The second kappa shape index (κ2) is 7.94. The maximum atomic E-state index is 6.01. The summed E-state index contributed by atoms with van der Waals surface area (Å²) in [6.45, 7) is 3.10. The van der Waals surface area contributed by atoms with Crippen molar-refractivity contribution in [3.8, 4) is 0 Å². The Kier molecular flexibility index (Phi) is 6.93. The van der Waals surface area contributed by atoms with Crippen LogP contribution >= 0.6 is 35.6 Å². The zero-order chi connectivity index (χ0) is 13.0. The first-order chi connectivity index (χ1) is 8.74. The standard InChI is InChI=1S/C14H20ClN3.HI/c1-3-7-17-14(16-2)18-13-9-12(13)10-5-4-6-11(15)8-10;/h4-6,8,12-13H,3,7,9H2,1-2H3,(H2,16,17,18);1H. The van der Waals surface area contributed by atoms with E-state index >= 15 is 0 Å². The quantitative estimate of drug-likeness (QED) is 0.467. The molecule has 0 bridgehead atoms. The highest BCUT2D eigenvalue weighted by Gasteiger charge is 2.38. The van der Waals surface area contributed by atoms with E-state index in [1.54, 1.807) is 0 Å². The molecule has 1 fully saturated rings. The van der Waals surface area contributed by atoms with Crippen LogP contribution < -0.4 is 10.6 Å². The fraction of sp³-hybridized carbons (Fsp3) is 0.500. The van der Waals surface area contributed by atoms with Crippen molar-refractivity contribution in [2.24, 2.45) is 4.99 Å². The van der Waals surface area contributed by atoms with E-state index < -0.39 is 0 Å². The lowest BCUT2D eigenvalue weighted by Gasteiger charge is -2.10. The number of guanidine groups is 1. The number of hydrogen-bond acceptors (Lipinski definition) is 1. The highest BCUT2D eigenvalue weighted by atomic mass is 127. The Morgan fingerprint density at radius 1 is 1.47 bits per heavy atom. The van der Waals surface area contributed by atoms with E-state index in [1.807, 2.05) is 19.2 Å². The van der Waals surface area contributed by atoms with Gasteiger partial charge in [-0.05, 0) is 30.5 Å². The molecule has 2 atom stereocenters. The van der Waals surface area contributed by atoms with Gasteiger partial charge in [0.2, 0.25) is 0 Å². The molecule has 2 rings (SSSR count). The van der Waals surface area contributed by atoms with E-state index in [-0.39, 0.29) is 24.0 Å². The molecule has 0 saturated heterocycles. The van der Waals surface area contributed by atoms with Gasteiger partial charge in [-0.25, -0.2) is 0 Å². The summed E-state index contributed by atoms with van der Waals surface area (Å²) in [6, 6.07) is 8.59. The monoisotopic (exact) mass is 393 g/mol. The third-order valence-corrected chi connectivity index (χ3v) is 3.39. The average molecular weight is 394 g/mol. The SMILES string of the molecule is CCCNC(=NC)NC1CC1c1cccc(Cl)c1.I. The number of hydrogen-bond donors (Lipinski definition) is 2. The summed E-state index contributed by atoms with van der Waals surface area (Å²) < 4.78 is 0. The van der Waals surface area contributed by atoms with Gasteiger partial charge in [0.15, 0.2) is 5.96 Å². The molecule has 1 aromatic carbocycles. The molecule has 0 radical (unpaired) electrons. The van der Waals surface area contributed by atoms with Crippen molar-refractivity contribution < 1.29 is 0 Å². The van der Waals surface area contributed by atoms with Gasteiger partial charge in [0.1, 0.15) is 0 Å². The third-order valence-electron chi connectivity index (χ3n) is 3.16. The van der Waals surface area contributed by atoms with Crippen molar-refractivity contribution in [1.29, 1.82) is 0 Å². The van der Waals surface area contributed by atoms with Crippen molar-refractivity contribution in [1.82, 2.24) is 10.6 Å². The Balaban J connectivity index is 0.00000180. The summed E-state index contributed by atoms with van der Waals surface area (Å²) in [6.07, 6.45) is 2.25. The second-order valence-corrected chi connectivity index (χ2v) is 5.08. The largest absolute Gasteiger partial charge is 0.356 e. The maximum absolute atomic E-state index is 6.01. The minimum Gasteiger partial charge on any atom is -0.356 e. The predicted octanol–water partition coefficient (Wildman–Crippen LogP) is 3.39. The van der Waals surface area contributed by atoms with Gasteiger partial charge in [0.25, 0.3) is 0 Å². The molecule has 0 amide bonds. The second-order valence-electron chi connectivity index (χ2n) is 4.65. The van der Waals surface area contributed by atoms with Crippen LogP contribution in [0.15, 0.2) is 29.3 Å². The smallest absolute Gasteiger partial charge is 0.191 e. The molecule has 2 N–H and O–H groups in total. The molecule has 106 valence electrons. The number of rotatable bonds is 4. The zero-order valence-corrected chi connectivity index (χ0v) is 14.4. The Morgan fingerprint density at radius 2 is 2.26 bits per heavy atom. The van der Waals surface area contributed by atoms with Crippen LogP contribution in [0.3, 0.4) is 0 Å². The van der Waals surface area contributed by atoms with Crippen LogP contribution in [0.25, 0.3) is 0 Å². The molecular formula is C14H21ClIN3. The fourth-order valence-electron chi connectivity index (χ4n) is 2.07. The van der Waals surface area contributed by atoms with E-state index in [2.05, 4.69) is 34.7 Å². The van der Waals surface area contributed by atoms with Crippen molar-refractivity contribution in [3.05, 3.63) is 34.9 Å². The van der Waals surface area contributed by atoms with E-state index in [9.17, 15) is 0 Å². The van der Waals surface area contributed by atoms with E-state index in [0.29, 0.717) is 12.0 Å².